The molecule has 3 rings (SSSR count). The molecule has 0 saturated carbocycles. The fraction of sp³-hybridized carbons (Fsp3) is 0.533. The maximum atomic E-state index is 12.1. The smallest absolute Gasteiger partial charge is 0.350 e. The molecule has 3 heterocycles. The highest BCUT2D eigenvalue weighted by Crippen LogP contribution is 1.99. The van der Waals surface area contributed by atoms with Crippen LogP contribution in [0.15, 0.2) is 29.2 Å². The number of hydrogen-bond acceptors (Lipinski definition) is 5. The van der Waals surface area contributed by atoms with Crippen molar-refractivity contribution < 1.29 is 9.53 Å². The number of carbonyl (C=O) groups is 1. The zero-order chi connectivity index (χ0) is 16.2. The van der Waals surface area contributed by atoms with E-state index in [2.05, 4.69) is 15.3 Å². The van der Waals surface area contributed by atoms with E-state index in [1.165, 1.54) is 9.08 Å². The van der Waals surface area contributed by atoms with Crippen LogP contribution in [0.1, 0.15) is 6.92 Å². The molecule has 0 aromatic carbocycles. The Kier molecular flexibility index (Phi) is 4.73. The summed E-state index contributed by atoms with van der Waals surface area (Å²) in [6, 6.07) is 5.30. The average Bonchev–Trinajstić information content (AvgIpc) is 2.84. The van der Waals surface area contributed by atoms with Gasteiger partial charge in [-0.2, -0.15) is 0 Å². The fourth-order valence-corrected chi connectivity index (χ4v) is 2.74. The maximum Gasteiger partial charge on any atom is 0.350 e. The monoisotopic (exact) mass is 319 g/mol. The van der Waals surface area contributed by atoms with Gasteiger partial charge in [-0.1, -0.05) is 6.07 Å². The van der Waals surface area contributed by atoms with Crippen molar-refractivity contribution in [2.75, 3.05) is 32.8 Å². The minimum Gasteiger partial charge on any atom is -0.379 e. The van der Waals surface area contributed by atoms with Crippen molar-refractivity contribution in [2.24, 2.45) is 0 Å². The molecule has 8 nitrogen and oxygen atoms in total. The number of ether oxygens (including phenoxy) is 1. The number of carbonyl (C=O) groups excluding carboxylic acids is 1. The highest BCUT2D eigenvalue weighted by Gasteiger charge is 2.16. The molecule has 0 aliphatic carbocycles. The second kappa shape index (κ2) is 6.93. The van der Waals surface area contributed by atoms with E-state index in [0.717, 1.165) is 32.8 Å². The van der Waals surface area contributed by atoms with Gasteiger partial charge >= 0.3 is 5.69 Å². The van der Waals surface area contributed by atoms with Crippen LogP contribution < -0.4 is 11.0 Å². The van der Waals surface area contributed by atoms with Crippen LogP contribution in [-0.2, 0) is 16.1 Å². The third-order valence-electron chi connectivity index (χ3n) is 3.82. The minimum atomic E-state index is -0.309. The van der Waals surface area contributed by atoms with Gasteiger partial charge in [-0.15, -0.1) is 5.10 Å². The van der Waals surface area contributed by atoms with Gasteiger partial charge in [0.2, 0.25) is 5.91 Å². The third kappa shape index (κ3) is 3.77. The van der Waals surface area contributed by atoms with E-state index in [-0.39, 0.29) is 24.2 Å². The molecule has 1 unspecified atom stereocenters. The quantitative estimate of drug-likeness (QED) is 0.791. The zero-order valence-corrected chi connectivity index (χ0v) is 13.1. The van der Waals surface area contributed by atoms with Crippen LogP contribution in [0, 0.1) is 0 Å². The lowest BCUT2D eigenvalue weighted by Gasteiger charge is -2.29. The number of nitrogens with one attached hydrogen (secondary N) is 1. The van der Waals surface area contributed by atoms with Gasteiger partial charge < -0.3 is 10.1 Å². The van der Waals surface area contributed by atoms with E-state index in [1.54, 1.807) is 24.4 Å². The van der Waals surface area contributed by atoms with E-state index in [0.29, 0.717) is 5.65 Å². The molecule has 1 aliphatic rings. The van der Waals surface area contributed by atoms with Crippen molar-refractivity contribution in [2.45, 2.75) is 19.5 Å². The fourth-order valence-electron chi connectivity index (χ4n) is 2.74. The zero-order valence-electron chi connectivity index (χ0n) is 13.1. The number of pyridine rings is 1. The summed E-state index contributed by atoms with van der Waals surface area (Å²) < 4.78 is 7.91. The number of nitrogens with zero attached hydrogens (tertiary/aromatic N) is 4. The Morgan fingerprint density at radius 2 is 2.17 bits per heavy atom. The summed E-state index contributed by atoms with van der Waals surface area (Å²) in [5.74, 6) is -0.212. The molecule has 2 aromatic rings. The molecule has 1 aliphatic heterocycles. The highest BCUT2D eigenvalue weighted by atomic mass is 16.5. The van der Waals surface area contributed by atoms with Gasteiger partial charge in [-0.25, -0.2) is 9.48 Å². The van der Waals surface area contributed by atoms with Crippen LogP contribution in [0.25, 0.3) is 5.65 Å². The van der Waals surface area contributed by atoms with Gasteiger partial charge in [0.05, 0.1) is 13.2 Å². The molecule has 8 heteroatoms. The normalized spacial score (nSPS) is 17.3. The van der Waals surface area contributed by atoms with Crippen LogP contribution in [0.4, 0.5) is 0 Å². The molecule has 23 heavy (non-hydrogen) atoms. The molecule has 0 spiro atoms. The van der Waals surface area contributed by atoms with Crippen LogP contribution in [-0.4, -0.2) is 63.9 Å². The Balaban J connectivity index is 1.57. The van der Waals surface area contributed by atoms with Crippen molar-refractivity contribution >= 4 is 11.6 Å². The summed E-state index contributed by atoms with van der Waals surface area (Å²) in [6.45, 7) is 5.88. The van der Waals surface area contributed by atoms with Gasteiger partial charge in [0.25, 0.3) is 0 Å². The Morgan fingerprint density at radius 1 is 1.39 bits per heavy atom. The first-order chi connectivity index (χ1) is 11.1. The first-order valence-electron chi connectivity index (χ1n) is 7.77. The third-order valence-corrected chi connectivity index (χ3v) is 3.82. The predicted molar refractivity (Wildman–Crippen MR) is 84.3 cm³/mol. The summed E-state index contributed by atoms with van der Waals surface area (Å²) in [4.78, 5) is 26.5. The van der Waals surface area contributed by atoms with E-state index in [9.17, 15) is 9.59 Å². The molecule has 1 N–H and O–H groups in total. The Bertz CT molecular complexity index is 732. The van der Waals surface area contributed by atoms with Crippen molar-refractivity contribution in [3.05, 3.63) is 34.9 Å². The summed E-state index contributed by atoms with van der Waals surface area (Å²) in [5, 5.41) is 7.07. The average molecular weight is 319 g/mol. The molecule has 1 saturated heterocycles. The van der Waals surface area contributed by atoms with Gasteiger partial charge in [0, 0.05) is 31.9 Å². The van der Waals surface area contributed by atoms with Gasteiger partial charge in [0.1, 0.15) is 6.54 Å². The first-order valence-corrected chi connectivity index (χ1v) is 7.77. The predicted octanol–water partition coefficient (Wildman–Crippen LogP) is -0.667. The Labute approximate surface area is 133 Å². The lowest BCUT2D eigenvalue weighted by atomic mass is 10.3. The number of hydrogen-bond donors (Lipinski definition) is 1. The van der Waals surface area contributed by atoms with Crippen LogP contribution >= 0.6 is 0 Å². The molecular formula is C15H21N5O3. The summed E-state index contributed by atoms with van der Waals surface area (Å²) in [7, 11) is 0. The van der Waals surface area contributed by atoms with E-state index < -0.39 is 0 Å². The Morgan fingerprint density at radius 3 is 2.91 bits per heavy atom. The van der Waals surface area contributed by atoms with E-state index in [1.807, 2.05) is 6.92 Å². The second-order valence-electron chi connectivity index (χ2n) is 5.75. The second-order valence-corrected chi connectivity index (χ2v) is 5.75. The lowest BCUT2D eigenvalue weighted by Crippen LogP contribution is -2.47. The molecule has 0 bridgehead atoms. The van der Waals surface area contributed by atoms with E-state index in [4.69, 9.17) is 4.74 Å². The molecule has 0 radical (unpaired) electrons. The van der Waals surface area contributed by atoms with Crippen molar-refractivity contribution in [3.63, 3.8) is 0 Å². The highest BCUT2D eigenvalue weighted by molar-refractivity contribution is 5.75. The summed E-state index contributed by atoms with van der Waals surface area (Å²) in [6.07, 6.45) is 1.64. The van der Waals surface area contributed by atoms with Crippen molar-refractivity contribution in [1.29, 1.82) is 0 Å². The number of aromatic nitrogens is 3. The molecular weight excluding hydrogens is 298 g/mol. The molecule has 124 valence electrons. The number of amides is 1. The van der Waals surface area contributed by atoms with Crippen LogP contribution in [0.3, 0.4) is 0 Å². The van der Waals surface area contributed by atoms with Crippen molar-refractivity contribution in [1.82, 2.24) is 24.4 Å². The van der Waals surface area contributed by atoms with Gasteiger partial charge in [-0.05, 0) is 19.1 Å². The van der Waals surface area contributed by atoms with Crippen LogP contribution in [0.2, 0.25) is 0 Å². The largest absolute Gasteiger partial charge is 0.379 e. The first kappa shape index (κ1) is 15.7. The molecule has 1 atom stereocenters. The maximum absolute atomic E-state index is 12.1. The lowest BCUT2D eigenvalue weighted by molar-refractivity contribution is -0.122. The van der Waals surface area contributed by atoms with Crippen LogP contribution in [0.5, 0.6) is 0 Å². The number of rotatable bonds is 5. The standard InChI is InChI=1S/C15H21N5O3/c1-12(10-18-6-8-23-9-7-18)16-14(21)11-20-15(22)19-5-3-2-4-13(19)17-20/h2-5,12H,6-11H2,1H3,(H,16,21). The summed E-state index contributed by atoms with van der Waals surface area (Å²) >= 11 is 0. The van der Waals surface area contributed by atoms with Crippen molar-refractivity contribution in [3.8, 4) is 0 Å². The van der Waals surface area contributed by atoms with Gasteiger partial charge in [-0.3, -0.25) is 14.1 Å². The molecule has 1 amide bonds. The Hall–Kier alpha value is -2.19. The molecule has 2 aromatic heterocycles. The topological polar surface area (TPSA) is 80.9 Å². The number of fused-ring (bicyclic) bond motifs is 1. The minimum absolute atomic E-state index is 0.00772. The van der Waals surface area contributed by atoms with Gasteiger partial charge in [0.15, 0.2) is 5.65 Å². The molecule has 1 fully saturated rings. The van der Waals surface area contributed by atoms with E-state index >= 15 is 0 Å². The number of morpholine rings is 1. The summed E-state index contributed by atoms with van der Waals surface area (Å²) in [5.41, 5.74) is 0.225. The SMILES string of the molecule is CC(CN1CCOCC1)NC(=O)Cn1nc2ccccn2c1=O.